The monoisotopic (exact) mass is 166 g/mol. The molecule has 0 aliphatic heterocycles. The summed E-state index contributed by atoms with van der Waals surface area (Å²) in [6.07, 6.45) is 9.69. The molecule has 1 N–H and O–H groups in total. The van der Waals surface area contributed by atoms with Crippen molar-refractivity contribution in [1.29, 1.82) is 0 Å². The third kappa shape index (κ3) is 1.15. The summed E-state index contributed by atoms with van der Waals surface area (Å²) in [5, 5.41) is 8.73. The fourth-order valence-corrected chi connectivity index (χ4v) is 2.47. The number of carbonyl (C=O) groups is 1. The van der Waals surface area contributed by atoms with Gasteiger partial charge in [-0.1, -0.05) is 12.2 Å². The van der Waals surface area contributed by atoms with E-state index in [-0.39, 0.29) is 5.92 Å². The lowest BCUT2D eigenvalue weighted by Gasteiger charge is -2.47. The molecular formula is C10H14O2. The van der Waals surface area contributed by atoms with Crippen molar-refractivity contribution < 1.29 is 9.90 Å². The van der Waals surface area contributed by atoms with Crippen LogP contribution in [-0.4, -0.2) is 11.1 Å². The Hall–Kier alpha value is -0.790. The third-order valence-corrected chi connectivity index (χ3v) is 3.27. The average molecular weight is 166 g/mol. The van der Waals surface area contributed by atoms with Crippen molar-refractivity contribution in [3.05, 3.63) is 12.2 Å². The molecule has 2 aliphatic rings. The van der Waals surface area contributed by atoms with Crippen molar-refractivity contribution in [2.24, 2.45) is 11.3 Å². The van der Waals surface area contributed by atoms with Crippen LogP contribution in [0.2, 0.25) is 0 Å². The Kier molecular flexibility index (Phi) is 1.71. The van der Waals surface area contributed by atoms with E-state index in [0.717, 1.165) is 25.7 Å². The summed E-state index contributed by atoms with van der Waals surface area (Å²) in [5.41, 5.74) is 0.387. The van der Waals surface area contributed by atoms with Crippen molar-refractivity contribution in [2.45, 2.75) is 32.1 Å². The highest BCUT2D eigenvalue weighted by Crippen LogP contribution is 2.53. The molecule has 0 atom stereocenters. The molecule has 2 nitrogen and oxygen atoms in total. The van der Waals surface area contributed by atoms with E-state index < -0.39 is 5.97 Å². The smallest absolute Gasteiger partial charge is 0.306 e. The van der Waals surface area contributed by atoms with E-state index in [1.807, 2.05) is 0 Å². The first kappa shape index (κ1) is 7.84. The Morgan fingerprint density at radius 3 is 2.67 bits per heavy atom. The molecule has 2 rings (SSSR count). The summed E-state index contributed by atoms with van der Waals surface area (Å²) < 4.78 is 0. The van der Waals surface area contributed by atoms with E-state index in [1.165, 1.54) is 6.42 Å². The summed E-state index contributed by atoms with van der Waals surface area (Å²) in [7, 11) is 0. The van der Waals surface area contributed by atoms with Crippen molar-refractivity contribution >= 4 is 5.97 Å². The van der Waals surface area contributed by atoms with Gasteiger partial charge in [0.15, 0.2) is 0 Å². The van der Waals surface area contributed by atoms with Gasteiger partial charge in [0.05, 0.1) is 5.92 Å². The lowest BCUT2D eigenvalue weighted by atomic mass is 9.57. The van der Waals surface area contributed by atoms with Gasteiger partial charge in [-0.2, -0.15) is 0 Å². The number of aliphatic carboxylic acids is 1. The number of rotatable bonds is 1. The molecule has 2 heteroatoms. The number of hydrogen-bond acceptors (Lipinski definition) is 1. The number of allylic oxidation sites excluding steroid dienone is 2. The zero-order valence-corrected chi connectivity index (χ0v) is 7.12. The van der Waals surface area contributed by atoms with Crippen LogP contribution >= 0.6 is 0 Å². The predicted molar refractivity (Wildman–Crippen MR) is 45.8 cm³/mol. The molecule has 0 aromatic rings. The summed E-state index contributed by atoms with van der Waals surface area (Å²) >= 11 is 0. The fraction of sp³-hybridized carbons (Fsp3) is 0.700. The molecule has 1 saturated carbocycles. The molecular weight excluding hydrogens is 152 g/mol. The van der Waals surface area contributed by atoms with Crippen molar-refractivity contribution in [2.75, 3.05) is 0 Å². The van der Waals surface area contributed by atoms with Crippen molar-refractivity contribution in [3.63, 3.8) is 0 Å². The number of hydrogen-bond donors (Lipinski definition) is 1. The lowest BCUT2D eigenvalue weighted by Crippen LogP contribution is -2.41. The quantitative estimate of drug-likeness (QED) is 0.606. The van der Waals surface area contributed by atoms with Crippen LogP contribution in [0, 0.1) is 11.3 Å². The van der Waals surface area contributed by atoms with Crippen LogP contribution in [0.4, 0.5) is 0 Å². The Morgan fingerprint density at radius 1 is 1.42 bits per heavy atom. The molecule has 0 aromatic heterocycles. The third-order valence-electron chi connectivity index (χ3n) is 3.27. The van der Waals surface area contributed by atoms with E-state index in [1.54, 1.807) is 0 Å². The highest BCUT2D eigenvalue weighted by Gasteiger charge is 2.46. The molecule has 66 valence electrons. The minimum absolute atomic E-state index is 0.0449. The van der Waals surface area contributed by atoms with Gasteiger partial charge in [-0.25, -0.2) is 0 Å². The number of carboxylic acids is 1. The molecule has 0 unspecified atom stereocenters. The Labute approximate surface area is 72.3 Å². The predicted octanol–water partition coefficient (Wildman–Crippen LogP) is 2.21. The first-order valence-electron chi connectivity index (χ1n) is 4.60. The van der Waals surface area contributed by atoms with E-state index >= 15 is 0 Å². The zero-order chi connectivity index (χ0) is 8.60. The van der Waals surface area contributed by atoms with Crippen LogP contribution in [-0.2, 0) is 4.79 Å². The second-order valence-electron chi connectivity index (χ2n) is 4.16. The normalized spacial score (nSPS) is 39.5. The van der Waals surface area contributed by atoms with Crippen LogP contribution < -0.4 is 0 Å². The highest BCUT2D eigenvalue weighted by molar-refractivity contribution is 5.71. The molecule has 1 spiro atoms. The first-order valence-corrected chi connectivity index (χ1v) is 4.60. The molecule has 1 fully saturated rings. The van der Waals surface area contributed by atoms with Gasteiger partial charge in [0.1, 0.15) is 0 Å². The Balaban J connectivity index is 1.93. The van der Waals surface area contributed by atoms with E-state index in [2.05, 4.69) is 12.2 Å². The second kappa shape index (κ2) is 2.61. The standard InChI is InChI=1S/C10H14O2/c11-9(12)8-6-10(7-8)4-2-1-3-5-10/h1-2,8H,3-7H2,(H,11,12). The van der Waals surface area contributed by atoms with Crippen LogP contribution in [0.5, 0.6) is 0 Å². The molecule has 0 heterocycles. The van der Waals surface area contributed by atoms with Gasteiger partial charge in [0, 0.05) is 0 Å². The van der Waals surface area contributed by atoms with Crippen molar-refractivity contribution in [3.8, 4) is 0 Å². The average Bonchev–Trinajstić information content (AvgIpc) is 2.01. The minimum Gasteiger partial charge on any atom is -0.481 e. The maximum Gasteiger partial charge on any atom is 0.306 e. The lowest BCUT2D eigenvalue weighted by molar-refractivity contribution is -0.150. The summed E-state index contributed by atoms with van der Waals surface area (Å²) in [6, 6.07) is 0. The van der Waals surface area contributed by atoms with Crippen molar-refractivity contribution in [1.82, 2.24) is 0 Å². The SMILES string of the molecule is O=C(O)C1CC2(CC=CCC2)C1. The van der Waals surface area contributed by atoms with Crippen LogP contribution in [0.15, 0.2) is 12.2 Å². The first-order chi connectivity index (χ1) is 5.72. The van der Waals surface area contributed by atoms with E-state index in [0.29, 0.717) is 5.41 Å². The second-order valence-corrected chi connectivity index (χ2v) is 4.16. The molecule has 0 radical (unpaired) electrons. The molecule has 0 saturated heterocycles. The molecule has 12 heavy (non-hydrogen) atoms. The summed E-state index contributed by atoms with van der Waals surface area (Å²) in [6.45, 7) is 0. The van der Waals surface area contributed by atoms with Gasteiger partial charge in [-0.3, -0.25) is 4.79 Å². The molecule has 0 amide bonds. The van der Waals surface area contributed by atoms with Crippen LogP contribution in [0.3, 0.4) is 0 Å². The summed E-state index contributed by atoms with van der Waals surface area (Å²) in [5.74, 6) is -0.647. The maximum atomic E-state index is 10.6. The van der Waals surface area contributed by atoms with E-state index in [4.69, 9.17) is 5.11 Å². The van der Waals surface area contributed by atoms with Gasteiger partial charge in [0.25, 0.3) is 0 Å². The van der Waals surface area contributed by atoms with E-state index in [9.17, 15) is 4.79 Å². The molecule has 0 bridgehead atoms. The van der Waals surface area contributed by atoms with Gasteiger partial charge in [-0.05, 0) is 37.5 Å². The topological polar surface area (TPSA) is 37.3 Å². The Morgan fingerprint density at radius 2 is 2.17 bits per heavy atom. The zero-order valence-electron chi connectivity index (χ0n) is 7.12. The highest BCUT2D eigenvalue weighted by atomic mass is 16.4. The Bertz CT molecular complexity index is 224. The maximum absolute atomic E-state index is 10.6. The fourth-order valence-electron chi connectivity index (χ4n) is 2.47. The minimum atomic E-state index is -0.602. The van der Waals surface area contributed by atoms with Gasteiger partial charge >= 0.3 is 5.97 Å². The number of carboxylic acid groups (broad SMARTS) is 1. The van der Waals surface area contributed by atoms with Gasteiger partial charge in [-0.15, -0.1) is 0 Å². The summed E-state index contributed by atoms with van der Waals surface area (Å²) in [4.78, 5) is 10.6. The van der Waals surface area contributed by atoms with Gasteiger partial charge < -0.3 is 5.11 Å². The molecule has 0 aromatic carbocycles. The van der Waals surface area contributed by atoms with Crippen LogP contribution in [0.1, 0.15) is 32.1 Å². The molecule has 2 aliphatic carbocycles. The largest absolute Gasteiger partial charge is 0.481 e. The van der Waals surface area contributed by atoms with Crippen LogP contribution in [0.25, 0.3) is 0 Å². The van der Waals surface area contributed by atoms with Gasteiger partial charge in [0.2, 0.25) is 0 Å².